The molecule has 0 fully saturated rings. The first-order valence-corrected chi connectivity index (χ1v) is 7.92. The maximum Gasteiger partial charge on any atom is 0.337 e. The van der Waals surface area contributed by atoms with E-state index in [-0.39, 0.29) is 6.04 Å². The molecule has 1 aliphatic heterocycles. The van der Waals surface area contributed by atoms with Crippen molar-refractivity contribution in [1.29, 1.82) is 0 Å². The Balaban J connectivity index is 1.88. The maximum absolute atomic E-state index is 12.1. The zero-order valence-electron chi connectivity index (χ0n) is 13.4. The summed E-state index contributed by atoms with van der Waals surface area (Å²) in [5.41, 5.74) is 3.20. The predicted molar refractivity (Wildman–Crippen MR) is 94.1 cm³/mol. The van der Waals surface area contributed by atoms with Crippen molar-refractivity contribution in [2.75, 3.05) is 7.11 Å². The van der Waals surface area contributed by atoms with E-state index in [4.69, 9.17) is 17.0 Å². The van der Waals surface area contributed by atoms with Gasteiger partial charge in [0.2, 0.25) is 0 Å². The largest absolute Gasteiger partial charge is 0.466 e. The molecule has 0 bridgehead atoms. The van der Waals surface area contributed by atoms with Crippen LogP contribution in [0.1, 0.15) is 24.1 Å². The zero-order valence-corrected chi connectivity index (χ0v) is 14.3. The Morgan fingerprint density at radius 3 is 2.83 bits per heavy atom. The number of aromatic nitrogens is 2. The molecular weight excluding hydrogens is 324 g/mol. The number of ether oxygens (including phenoxy) is 1. The van der Waals surface area contributed by atoms with Gasteiger partial charge in [-0.15, -0.1) is 0 Å². The fourth-order valence-corrected chi connectivity index (χ4v) is 2.98. The highest BCUT2D eigenvalue weighted by Gasteiger charge is 2.31. The first kappa shape index (κ1) is 16.2. The van der Waals surface area contributed by atoms with Crippen molar-refractivity contribution >= 4 is 23.3 Å². The molecule has 2 N–H and O–H groups in total. The standard InChI is InChI=1S/C17H18N4O2S/c1-11-14(16(22)23-2)15(20-17(24)19-11)13-8-18-21(10-13)9-12-6-4-3-5-7-12/h3-8,10,15H,9H2,1-2H3,(H2,19,20,24). The van der Waals surface area contributed by atoms with Gasteiger partial charge in [-0.25, -0.2) is 4.79 Å². The van der Waals surface area contributed by atoms with Crippen molar-refractivity contribution in [3.63, 3.8) is 0 Å². The molecule has 2 aromatic rings. The minimum Gasteiger partial charge on any atom is -0.466 e. The second-order valence-corrected chi connectivity index (χ2v) is 5.93. The molecule has 0 saturated carbocycles. The maximum atomic E-state index is 12.1. The van der Waals surface area contributed by atoms with Gasteiger partial charge in [0.25, 0.3) is 0 Å². The molecule has 1 atom stereocenters. The molecule has 0 radical (unpaired) electrons. The Kier molecular flexibility index (Phi) is 4.61. The number of carbonyl (C=O) groups is 1. The number of methoxy groups -OCH3 is 1. The van der Waals surface area contributed by atoms with Crippen LogP contribution in [0.5, 0.6) is 0 Å². The average molecular weight is 342 g/mol. The zero-order chi connectivity index (χ0) is 17.1. The van der Waals surface area contributed by atoms with Gasteiger partial charge in [0.1, 0.15) is 0 Å². The molecule has 0 amide bonds. The number of nitrogens with one attached hydrogen (secondary N) is 2. The van der Waals surface area contributed by atoms with Crippen LogP contribution in [-0.2, 0) is 16.1 Å². The number of hydrogen-bond donors (Lipinski definition) is 2. The normalized spacial score (nSPS) is 17.2. The monoisotopic (exact) mass is 342 g/mol. The van der Waals surface area contributed by atoms with E-state index in [2.05, 4.69) is 15.7 Å². The van der Waals surface area contributed by atoms with Gasteiger partial charge in [0, 0.05) is 17.5 Å². The van der Waals surface area contributed by atoms with Crippen LogP contribution >= 0.6 is 12.2 Å². The molecule has 3 rings (SSSR count). The molecule has 0 spiro atoms. The smallest absolute Gasteiger partial charge is 0.337 e. The number of hydrogen-bond acceptors (Lipinski definition) is 4. The third kappa shape index (κ3) is 3.30. The number of rotatable bonds is 4. The Morgan fingerprint density at radius 1 is 1.38 bits per heavy atom. The summed E-state index contributed by atoms with van der Waals surface area (Å²) < 4.78 is 6.74. The molecule has 1 aromatic heterocycles. The van der Waals surface area contributed by atoms with Crippen molar-refractivity contribution < 1.29 is 9.53 Å². The van der Waals surface area contributed by atoms with E-state index in [1.54, 1.807) is 13.1 Å². The van der Waals surface area contributed by atoms with Crippen molar-refractivity contribution in [3.8, 4) is 0 Å². The second-order valence-electron chi connectivity index (χ2n) is 5.52. The van der Waals surface area contributed by atoms with Crippen LogP contribution in [0, 0.1) is 0 Å². The highest BCUT2D eigenvalue weighted by Crippen LogP contribution is 2.27. The number of thiocarbonyl (C=S) groups is 1. The van der Waals surface area contributed by atoms with E-state index in [9.17, 15) is 4.79 Å². The fourth-order valence-electron chi connectivity index (χ4n) is 2.71. The third-order valence-corrected chi connectivity index (χ3v) is 4.07. The minimum atomic E-state index is -0.393. The minimum absolute atomic E-state index is 0.379. The fraction of sp³-hybridized carbons (Fsp3) is 0.235. The highest BCUT2D eigenvalue weighted by atomic mass is 32.1. The van der Waals surface area contributed by atoms with Gasteiger partial charge in [-0.1, -0.05) is 30.3 Å². The highest BCUT2D eigenvalue weighted by molar-refractivity contribution is 7.80. The van der Waals surface area contributed by atoms with E-state index in [1.807, 2.05) is 41.2 Å². The van der Waals surface area contributed by atoms with Gasteiger partial charge in [-0.05, 0) is 24.7 Å². The summed E-state index contributed by atoms with van der Waals surface area (Å²) >= 11 is 5.21. The topological polar surface area (TPSA) is 68.2 Å². The first-order chi connectivity index (χ1) is 11.6. The summed E-state index contributed by atoms with van der Waals surface area (Å²) in [6, 6.07) is 9.68. The van der Waals surface area contributed by atoms with Gasteiger partial charge in [-0.3, -0.25) is 4.68 Å². The van der Waals surface area contributed by atoms with Gasteiger partial charge >= 0.3 is 5.97 Å². The van der Waals surface area contributed by atoms with E-state index in [1.165, 1.54) is 7.11 Å². The third-order valence-electron chi connectivity index (χ3n) is 3.85. The van der Waals surface area contributed by atoms with Crippen molar-refractivity contribution in [1.82, 2.24) is 20.4 Å². The summed E-state index contributed by atoms with van der Waals surface area (Å²) in [4.78, 5) is 12.1. The second kappa shape index (κ2) is 6.84. The lowest BCUT2D eigenvalue weighted by molar-refractivity contribution is -0.136. The number of allylic oxidation sites excluding steroid dienone is 1. The van der Waals surface area contributed by atoms with Crippen LogP contribution in [0.25, 0.3) is 0 Å². The SMILES string of the molecule is COC(=O)C1=C(C)NC(=S)NC1c1cnn(Cc2ccccc2)c1. The van der Waals surface area contributed by atoms with Crippen molar-refractivity contribution in [2.24, 2.45) is 0 Å². The molecule has 7 heteroatoms. The van der Waals surface area contributed by atoms with Crippen LogP contribution in [0.3, 0.4) is 0 Å². The van der Waals surface area contributed by atoms with E-state index in [0.29, 0.717) is 22.9 Å². The summed E-state index contributed by atoms with van der Waals surface area (Å²) in [7, 11) is 1.37. The van der Waals surface area contributed by atoms with Crippen LogP contribution in [-0.4, -0.2) is 28.0 Å². The number of benzene rings is 1. The Morgan fingerprint density at radius 2 is 2.12 bits per heavy atom. The predicted octanol–water partition coefficient (Wildman–Crippen LogP) is 1.90. The van der Waals surface area contributed by atoms with Crippen LogP contribution in [0.15, 0.2) is 54.0 Å². The Hall–Kier alpha value is -2.67. The molecule has 2 heterocycles. The lowest BCUT2D eigenvalue weighted by Crippen LogP contribution is -2.45. The summed E-state index contributed by atoms with van der Waals surface area (Å²) in [6.07, 6.45) is 3.65. The summed E-state index contributed by atoms with van der Waals surface area (Å²) in [5.74, 6) is -0.393. The van der Waals surface area contributed by atoms with E-state index >= 15 is 0 Å². The first-order valence-electron chi connectivity index (χ1n) is 7.51. The lowest BCUT2D eigenvalue weighted by atomic mass is 9.98. The summed E-state index contributed by atoms with van der Waals surface area (Å²) in [6.45, 7) is 2.47. The van der Waals surface area contributed by atoms with Gasteiger partial charge < -0.3 is 15.4 Å². The summed E-state index contributed by atoms with van der Waals surface area (Å²) in [5, 5.41) is 10.9. The molecule has 6 nitrogen and oxygen atoms in total. The number of esters is 1. The van der Waals surface area contributed by atoms with Crippen LogP contribution < -0.4 is 10.6 Å². The molecule has 1 aromatic carbocycles. The molecule has 0 aliphatic carbocycles. The molecule has 1 aliphatic rings. The van der Waals surface area contributed by atoms with Crippen molar-refractivity contribution in [3.05, 3.63) is 65.1 Å². The Labute approximate surface area is 145 Å². The van der Waals surface area contributed by atoms with Gasteiger partial charge in [0.15, 0.2) is 5.11 Å². The molecular formula is C17H18N4O2S. The lowest BCUT2D eigenvalue weighted by Gasteiger charge is -2.28. The molecule has 1 unspecified atom stereocenters. The number of carbonyl (C=O) groups excluding carboxylic acids is 1. The van der Waals surface area contributed by atoms with Crippen LogP contribution in [0.4, 0.5) is 0 Å². The quantitative estimate of drug-likeness (QED) is 0.653. The Bertz CT molecular complexity index is 798. The van der Waals surface area contributed by atoms with E-state index in [0.717, 1.165) is 11.1 Å². The molecule has 24 heavy (non-hydrogen) atoms. The van der Waals surface area contributed by atoms with Crippen molar-refractivity contribution in [2.45, 2.75) is 19.5 Å². The average Bonchev–Trinajstić information content (AvgIpc) is 3.03. The van der Waals surface area contributed by atoms with Gasteiger partial charge in [0.05, 0.1) is 31.5 Å². The van der Waals surface area contributed by atoms with E-state index < -0.39 is 5.97 Å². The van der Waals surface area contributed by atoms with Gasteiger partial charge in [-0.2, -0.15) is 5.10 Å². The number of nitrogens with zero attached hydrogens (tertiary/aromatic N) is 2. The molecule has 124 valence electrons. The van der Waals surface area contributed by atoms with Crippen LogP contribution in [0.2, 0.25) is 0 Å². The molecule has 0 saturated heterocycles.